The molecule has 0 unspecified atom stereocenters. The average molecular weight is 339 g/mol. The summed E-state index contributed by atoms with van der Waals surface area (Å²) in [6.45, 7) is 5.97. The summed E-state index contributed by atoms with van der Waals surface area (Å²) < 4.78 is 24.0. The van der Waals surface area contributed by atoms with Crippen molar-refractivity contribution >= 4 is 11.9 Å². The van der Waals surface area contributed by atoms with Crippen LogP contribution < -0.4 is 4.90 Å². The van der Waals surface area contributed by atoms with Crippen molar-refractivity contribution in [3.63, 3.8) is 0 Å². The van der Waals surface area contributed by atoms with Crippen LogP contribution in [0.3, 0.4) is 0 Å². The van der Waals surface area contributed by atoms with E-state index in [2.05, 4.69) is 0 Å². The van der Waals surface area contributed by atoms with Gasteiger partial charge in [0.2, 0.25) is 0 Å². The average Bonchev–Trinajstić information content (AvgIpc) is 2.60. The summed E-state index contributed by atoms with van der Waals surface area (Å²) in [5, 5.41) is 0. The fourth-order valence-corrected chi connectivity index (χ4v) is 2.61. The molecule has 0 spiro atoms. The zero-order valence-corrected chi connectivity index (χ0v) is 13.9. The molecule has 1 aromatic carbocycles. The summed E-state index contributed by atoms with van der Waals surface area (Å²) in [5.74, 6) is -2.02. The lowest BCUT2D eigenvalue weighted by molar-refractivity contribution is -0.907. The van der Waals surface area contributed by atoms with Crippen LogP contribution in [0.1, 0.15) is 12.5 Å². The van der Waals surface area contributed by atoms with E-state index < -0.39 is 17.7 Å². The lowest BCUT2D eigenvalue weighted by Gasteiger charge is -2.27. The fourth-order valence-electron chi connectivity index (χ4n) is 2.61. The van der Waals surface area contributed by atoms with E-state index >= 15 is 0 Å². The van der Waals surface area contributed by atoms with E-state index in [-0.39, 0.29) is 13.2 Å². The number of quaternary nitrogens is 1. The first-order valence-corrected chi connectivity index (χ1v) is 8.22. The maximum Gasteiger partial charge on any atom is 0.397 e. The number of nitrogens with one attached hydrogen (secondary N) is 1. The van der Waals surface area contributed by atoms with Gasteiger partial charge in [-0.15, -0.1) is 0 Å². The molecule has 1 N–H and O–H groups in total. The Bertz CT molecular complexity index is 561. The smallest absolute Gasteiger partial charge is 0.397 e. The second kappa shape index (κ2) is 9.34. The molecule has 6 nitrogen and oxygen atoms in total. The van der Waals surface area contributed by atoms with Crippen LogP contribution in [0.4, 0.5) is 4.39 Å². The van der Waals surface area contributed by atoms with Gasteiger partial charge in [-0.2, -0.15) is 0 Å². The first-order chi connectivity index (χ1) is 11.6. The largest absolute Gasteiger partial charge is 0.459 e. The Morgan fingerprint density at radius 2 is 2.00 bits per heavy atom. The molecule has 1 aromatic rings. The summed E-state index contributed by atoms with van der Waals surface area (Å²) in [6, 6.07) is 6.25. The van der Waals surface area contributed by atoms with Gasteiger partial charge in [-0.25, -0.2) is 9.18 Å². The van der Waals surface area contributed by atoms with Crippen molar-refractivity contribution in [1.82, 2.24) is 4.90 Å². The van der Waals surface area contributed by atoms with Crippen LogP contribution in [0.2, 0.25) is 0 Å². The summed E-state index contributed by atoms with van der Waals surface area (Å²) in [5.41, 5.74) is 0.382. The van der Waals surface area contributed by atoms with E-state index in [0.29, 0.717) is 31.9 Å². The number of amides is 1. The van der Waals surface area contributed by atoms with Crippen LogP contribution in [0, 0.1) is 5.82 Å². The third-order valence-electron chi connectivity index (χ3n) is 3.99. The topological polar surface area (TPSA) is 60.3 Å². The van der Waals surface area contributed by atoms with Gasteiger partial charge in [-0.3, -0.25) is 4.79 Å². The van der Waals surface area contributed by atoms with Gasteiger partial charge >= 0.3 is 11.9 Å². The molecule has 0 aliphatic carbocycles. The molecule has 0 aromatic heterocycles. The van der Waals surface area contributed by atoms with E-state index in [9.17, 15) is 14.0 Å². The second-order valence-corrected chi connectivity index (χ2v) is 5.65. The Morgan fingerprint density at radius 3 is 2.67 bits per heavy atom. The van der Waals surface area contributed by atoms with Gasteiger partial charge in [0.1, 0.15) is 18.9 Å². The molecule has 7 heteroatoms. The molecule has 132 valence electrons. The minimum Gasteiger partial charge on any atom is -0.459 e. The number of benzene rings is 1. The lowest BCUT2D eigenvalue weighted by Crippen LogP contribution is -3.14. The molecule has 1 aliphatic rings. The predicted molar refractivity (Wildman–Crippen MR) is 84.8 cm³/mol. The molecule has 2 rings (SSSR count). The first-order valence-electron chi connectivity index (χ1n) is 8.22. The van der Waals surface area contributed by atoms with Gasteiger partial charge in [-0.05, 0) is 13.0 Å². The van der Waals surface area contributed by atoms with Crippen molar-refractivity contribution in [3.8, 4) is 0 Å². The predicted octanol–water partition coefficient (Wildman–Crippen LogP) is -0.367. The zero-order valence-electron chi connectivity index (χ0n) is 13.9. The van der Waals surface area contributed by atoms with E-state index in [4.69, 9.17) is 9.47 Å². The molecule has 0 bridgehead atoms. The molecular weight excluding hydrogens is 315 g/mol. The Balaban J connectivity index is 2.03. The highest BCUT2D eigenvalue weighted by atomic mass is 19.1. The minimum absolute atomic E-state index is 0.0497. The normalized spacial score (nSPS) is 15.1. The number of carbonyl (C=O) groups excluding carboxylic acids is 2. The molecule has 0 saturated carbocycles. The van der Waals surface area contributed by atoms with Crippen LogP contribution in [0.25, 0.3) is 0 Å². The number of ether oxygens (including phenoxy) is 2. The van der Waals surface area contributed by atoms with Crippen molar-refractivity contribution in [3.05, 3.63) is 35.6 Å². The van der Waals surface area contributed by atoms with Crippen molar-refractivity contribution < 1.29 is 28.4 Å². The quantitative estimate of drug-likeness (QED) is 0.568. The van der Waals surface area contributed by atoms with Crippen molar-refractivity contribution in [2.24, 2.45) is 0 Å². The highest BCUT2D eigenvalue weighted by Gasteiger charge is 2.26. The number of hydrogen-bond donors (Lipinski definition) is 1. The number of esters is 1. The van der Waals surface area contributed by atoms with Crippen molar-refractivity contribution in [2.75, 3.05) is 46.0 Å². The zero-order chi connectivity index (χ0) is 17.4. The Kier molecular flexibility index (Phi) is 7.14. The van der Waals surface area contributed by atoms with Crippen LogP contribution in [0.5, 0.6) is 0 Å². The molecule has 1 fully saturated rings. The lowest BCUT2D eigenvalue weighted by atomic mass is 10.2. The molecule has 1 amide bonds. The number of carbonyl (C=O) groups is 2. The van der Waals surface area contributed by atoms with Crippen LogP contribution in [-0.2, 0) is 25.6 Å². The highest BCUT2D eigenvalue weighted by Crippen LogP contribution is 2.10. The molecule has 0 radical (unpaired) electrons. The number of nitrogens with zero attached hydrogens (tertiary/aromatic N) is 1. The fraction of sp³-hybridized carbons (Fsp3) is 0.529. The molecule has 24 heavy (non-hydrogen) atoms. The number of halogens is 1. The molecule has 1 heterocycles. The van der Waals surface area contributed by atoms with E-state index in [1.54, 1.807) is 25.1 Å². The SMILES string of the molecule is CCOC(=O)C(=O)N(CC[NH+]1CCOCC1)Cc1ccccc1F. The van der Waals surface area contributed by atoms with Crippen LogP contribution >= 0.6 is 0 Å². The van der Waals surface area contributed by atoms with Crippen LogP contribution in [0.15, 0.2) is 24.3 Å². The molecule has 0 atom stereocenters. The summed E-state index contributed by atoms with van der Waals surface area (Å²) in [4.78, 5) is 26.8. The van der Waals surface area contributed by atoms with E-state index in [0.717, 1.165) is 13.1 Å². The monoisotopic (exact) mass is 339 g/mol. The summed E-state index contributed by atoms with van der Waals surface area (Å²) >= 11 is 0. The number of hydrogen-bond acceptors (Lipinski definition) is 4. The Hall–Kier alpha value is -1.99. The maximum atomic E-state index is 13.9. The highest BCUT2D eigenvalue weighted by molar-refractivity contribution is 6.32. The van der Waals surface area contributed by atoms with Gasteiger partial charge in [-0.1, -0.05) is 18.2 Å². The first kappa shape index (κ1) is 18.4. The second-order valence-electron chi connectivity index (χ2n) is 5.65. The maximum absolute atomic E-state index is 13.9. The van der Waals surface area contributed by atoms with Gasteiger partial charge in [0.05, 0.1) is 32.9 Å². The molecular formula is C17H24FN2O4+. The molecule has 1 aliphatic heterocycles. The number of rotatable bonds is 6. The van der Waals surface area contributed by atoms with Crippen molar-refractivity contribution in [1.29, 1.82) is 0 Å². The minimum atomic E-state index is -0.897. The Labute approximate surface area is 141 Å². The van der Waals surface area contributed by atoms with Crippen LogP contribution in [-0.4, -0.2) is 62.8 Å². The van der Waals surface area contributed by atoms with Gasteiger partial charge in [0.15, 0.2) is 0 Å². The van der Waals surface area contributed by atoms with E-state index in [1.165, 1.54) is 15.9 Å². The van der Waals surface area contributed by atoms with Crippen molar-refractivity contribution in [2.45, 2.75) is 13.5 Å². The van der Waals surface area contributed by atoms with Gasteiger partial charge in [0, 0.05) is 12.1 Å². The summed E-state index contributed by atoms with van der Waals surface area (Å²) in [7, 11) is 0. The molecule has 1 saturated heterocycles. The van der Waals surface area contributed by atoms with E-state index in [1.807, 2.05) is 0 Å². The van der Waals surface area contributed by atoms with Gasteiger partial charge < -0.3 is 19.3 Å². The Morgan fingerprint density at radius 1 is 1.29 bits per heavy atom. The summed E-state index contributed by atoms with van der Waals surface area (Å²) in [6.07, 6.45) is 0. The number of morpholine rings is 1. The standard InChI is InChI=1S/C17H23FN2O4/c1-2-24-17(22)16(21)20(8-7-19-9-11-23-12-10-19)13-14-5-3-4-6-15(14)18/h3-6H,2,7-13H2,1H3/p+1. The third kappa shape index (κ3) is 5.28. The third-order valence-corrected chi connectivity index (χ3v) is 3.99. The van der Waals surface area contributed by atoms with Gasteiger partial charge in [0.25, 0.3) is 0 Å².